The molecule has 1 atom stereocenters. The fraction of sp³-hybridized carbons (Fsp3) is 1.00. The summed E-state index contributed by atoms with van der Waals surface area (Å²) in [6.07, 6.45) is 4.04. The largest absolute Gasteiger partial charge is 0.302 e. The van der Waals surface area contributed by atoms with Crippen molar-refractivity contribution in [2.24, 2.45) is 11.3 Å². The van der Waals surface area contributed by atoms with E-state index < -0.39 is 0 Å². The maximum absolute atomic E-state index is 5.19. The molecule has 2 aliphatic rings. The van der Waals surface area contributed by atoms with E-state index in [-0.39, 0.29) is 0 Å². The topological polar surface area (TPSA) is 21.3 Å². The summed E-state index contributed by atoms with van der Waals surface area (Å²) in [6.45, 7) is 4.32. The molecule has 0 amide bonds. The molecule has 0 radical (unpaired) electrons. The van der Waals surface area contributed by atoms with Crippen LogP contribution in [-0.4, -0.2) is 13.2 Å². The van der Waals surface area contributed by atoms with Crippen LogP contribution in [0.5, 0.6) is 0 Å². The molecule has 1 N–H and O–H groups in total. The van der Waals surface area contributed by atoms with Crippen molar-refractivity contribution in [3.05, 3.63) is 0 Å². The Morgan fingerprint density at radius 2 is 2.30 bits per heavy atom. The lowest BCUT2D eigenvalue weighted by molar-refractivity contribution is 0.0479. The Kier molecular flexibility index (Phi) is 1.46. The summed E-state index contributed by atoms with van der Waals surface area (Å²) in [5, 5.41) is 0. The Balaban J connectivity index is 2.02. The third-order valence-electron chi connectivity index (χ3n) is 3.12. The summed E-state index contributed by atoms with van der Waals surface area (Å²) in [5.41, 5.74) is 3.67. The molecule has 2 nitrogen and oxygen atoms in total. The van der Waals surface area contributed by atoms with Crippen LogP contribution >= 0.6 is 0 Å². The van der Waals surface area contributed by atoms with Crippen molar-refractivity contribution < 1.29 is 4.84 Å². The SMILES string of the molecule is CC1CCONCC12CC2. The predicted octanol–water partition coefficient (Wildman–Crippen LogP) is 1.33. The van der Waals surface area contributed by atoms with Gasteiger partial charge in [-0.1, -0.05) is 6.92 Å². The summed E-state index contributed by atoms with van der Waals surface area (Å²) < 4.78 is 0. The van der Waals surface area contributed by atoms with Crippen LogP contribution in [0, 0.1) is 11.3 Å². The van der Waals surface area contributed by atoms with Crippen molar-refractivity contribution in [3.8, 4) is 0 Å². The van der Waals surface area contributed by atoms with Gasteiger partial charge in [-0.3, -0.25) is 0 Å². The number of rotatable bonds is 0. The van der Waals surface area contributed by atoms with Crippen LogP contribution in [0.15, 0.2) is 0 Å². The van der Waals surface area contributed by atoms with Gasteiger partial charge in [-0.05, 0) is 30.6 Å². The van der Waals surface area contributed by atoms with E-state index in [0.717, 1.165) is 19.1 Å². The molecule has 2 fully saturated rings. The van der Waals surface area contributed by atoms with E-state index in [9.17, 15) is 0 Å². The van der Waals surface area contributed by atoms with E-state index in [2.05, 4.69) is 12.4 Å². The average molecular weight is 141 g/mol. The van der Waals surface area contributed by atoms with Crippen molar-refractivity contribution >= 4 is 0 Å². The van der Waals surface area contributed by atoms with E-state index in [4.69, 9.17) is 4.84 Å². The van der Waals surface area contributed by atoms with E-state index >= 15 is 0 Å². The fourth-order valence-corrected chi connectivity index (χ4v) is 1.81. The lowest BCUT2D eigenvalue weighted by Crippen LogP contribution is -2.24. The molecule has 10 heavy (non-hydrogen) atoms. The molecule has 1 heterocycles. The van der Waals surface area contributed by atoms with Crippen LogP contribution < -0.4 is 5.48 Å². The average Bonchev–Trinajstić information content (AvgIpc) is 2.69. The minimum absolute atomic E-state index is 0.635. The molecule has 2 rings (SSSR count). The Bertz CT molecular complexity index is 131. The molecule has 1 saturated carbocycles. The molecule has 58 valence electrons. The van der Waals surface area contributed by atoms with Gasteiger partial charge in [0.2, 0.25) is 0 Å². The van der Waals surface area contributed by atoms with Gasteiger partial charge in [0.15, 0.2) is 0 Å². The molecule has 2 heteroatoms. The summed E-state index contributed by atoms with van der Waals surface area (Å²) >= 11 is 0. The van der Waals surface area contributed by atoms with Crippen molar-refractivity contribution in [3.63, 3.8) is 0 Å². The van der Waals surface area contributed by atoms with Crippen molar-refractivity contribution in [2.45, 2.75) is 26.2 Å². The van der Waals surface area contributed by atoms with Crippen LogP contribution in [0.3, 0.4) is 0 Å². The summed E-state index contributed by atoms with van der Waals surface area (Å²) in [6, 6.07) is 0. The molecule has 1 aliphatic heterocycles. The first kappa shape index (κ1) is 6.62. The first-order valence-corrected chi connectivity index (χ1v) is 4.18. The maximum atomic E-state index is 5.19. The standard InChI is InChI=1S/C8H15NO/c1-7-2-5-10-9-6-8(7)3-4-8/h7,9H,2-6H2,1H3. The second-order valence-corrected chi connectivity index (χ2v) is 3.72. The van der Waals surface area contributed by atoms with Crippen LogP contribution in [0.1, 0.15) is 26.2 Å². The van der Waals surface area contributed by atoms with Gasteiger partial charge in [-0.2, -0.15) is 0 Å². The summed E-state index contributed by atoms with van der Waals surface area (Å²) in [4.78, 5) is 5.19. The van der Waals surface area contributed by atoms with Gasteiger partial charge in [0.25, 0.3) is 0 Å². The minimum atomic E-state index is 0.635. The molecule has 1 saturated heterocycles. The van der Waals surface area contributed by atoms with E-state index in [1.165, 1.54) is 19.3 Å². The van der Waals surface area contributed by atoms with Crippen molar-refractivity contribution in [1.29, 1.82) is 0 Å². The summed E-state index contributed by atoms with van der Waals surface area (Å²) in [7, 11) is 0. The smallest absolute Gasteiger partial charge is 0.0684 e. The highest BCUT2D eigenvalue weighted by molar-refractivity contribution is 4.98. The van der Waals surface area contributed by atoms with Crippen LogP contribution in [-0.2, 0) is 4.84 Å². The second-order valence-electron chi connectivity index (χ2n) is 3.72. The zero-order valence-electron chi connectivity index (χ0n) is 6.52. The fourth-order valence-electron chi connectivity index (χ4n) is 1.81. The zero-order chi connectivity index (χ0) is 7.03. The number of hydrogen-bond acceptors (Lipinski definition) is 2. The van der Waals surface area contributed by atoms with Gasteiger partial charge >= 0.3 is 0 Å². The van der Waals surface area contributed by atoms with E-state index in [0.29, 0.717) is 5.41 Å². The number of nitrogens with one attached hydrogen (secondary N) is 1. The molecule has 1 aliphatic carbocycles. The first-order chi connectivity index (χ1) is 4.83. The Labute approximate surface area is 61.9 Å². The lowest BCUT2D eigenvalue weighted by atomic mass is 9.89. The molecule has 0 aromatic rings. The lowest BCUT2D eigenvalue weighted by Gasteiger charge is -2.17. The molecule has 0 aromatic heterocycles. The third-order valence-corrected chi connectivity index (χ3v) is 3.12. The van der Waals surface area contributed by atoms with Crippen LogP contribution in [0.4, 0.5) is 0 Å². The zero-order valence-corrected chi connectivity index (χ0v) is 6.52. The Hall–Kier alpha value is -0.0800. The summed E-state index contributed by atoms with van der Waals surface area (Å²) in [5.74, 6) is 0.863. The highest BCUT2D eigenvalue weighted by atomic mass is 16.6. The van der Waals surface area contributed by atoms with Gasteiger partial charge in [0.05, 0.1) is 6.61 Å². The van der Waals surface area contributed by atoms with Crippen molar-refractivity contribution in [2.75, 3.05) is 13.2 Å². The van der Waals surface area contributed by atoms with Gasteiger partial charge in [0.1, 0.15) is 0 Å². The highest BCUT2D eigenvalue weighted by Gasteiger charge is 2.47. The quantitative estimate of drug-likeness (QED) is 0.549. The molecule has 1 spiro atoms. The highest BCUT2D eigenvalue weighted by Crippen LogP contribution is 2.53. The predicted molar refractivity (Wildman–Crippen MR) is 39.4 cm³/mol. The molecule has 0 aromatic carbocycles. The molecular weight excluding hydrogens is 126 g/mol. The first-order valence-electron chi connectivity index (χ1n) is 4.18. The van der Waals surface area contributed by atoms with E-state index in [1.54, 1.807) is 0 Å². The van der Waals surface area contributed by atoms with Gasteiger partial charge in [-0.15, -0.1) is 0 Å². The van der Waals surface area contributed by atoms with Crippen molar-refractivity contribution in [1.82, 2.24) is 5.48 Å². The monoisotopic (exact) mass is 141 g/mol. The van der Waals surface area contributed by atoms with Gasteiger partial charge in [0, 0.05) is 6.54 Å². The molecular formula is C8H15NO. The Morgan fingerprint density at radius 1 is 1.50 bits per heavy atom. The minimum Gasteiger partial charge on any atom is -0.302 e. The molecule has 1 unspecified atom stereocenters. The normalized spacial score (nSPS) is 37.5. The Morgan fingerprint density at radius 3 is 3.00 bits per heavy atom. The number of hydrogen-bond donors (Lipinski definition) is 1. The molecule has 0 bridgehead atoms. The third kappa shape index (κ3) is 0.956. The second kappa shape index (κ2) is 2.21. The number of hydroxylamine groups is 1. The van der Waals surface area contributed by atoms with Crippen LogP contribution in [0.25, 0.3) is 0 Å². The van der Waals surface area contributed by atoms with E-state index in [1.807, 2.05) is 0 Å². The van der Waals surface area contributed by atoms with Gasteiger partial charge in [-0.25, -0.2) is 5.48 Å². The maximum Gasteiger partial charge on any atom is 0.0684 e. The van der Waals surface area contributed by atoms with Crippen LogP contribution in [0.2, 0.25) is 0 Å². The van der Waals surface area contributed by atoms with Gasteiger partial charge < -0.3 is 4.84 Å².